The molecule has 0 aliphatic carbocycles. The summed E-state index contributed by atoms with van der Waals surface area (Å²) < 4.78 is 5.20. The Kier molecular flexibility index (Phi) is 2.74. The Morgan fingerprint density at radius 2 is 2.31 bits per heavy atom. The van der Waals surface area contributed by atoms with E-state index in [1.54, 1.807) is 6.26 Å². The van der Waals surface area contributed by atoms with Crippen molar-refractivity contribution < 1.29 is 4.42 Å². The molecule has 0 radical (unpaired) electrons. The second kappa shape index (κ2) is 3.63. The van der Waals surface area contributed by atoms with Crippen molar-refractivity contribution in [3.63, 3.8) is 0 Å². The lowest BCUT2D eigenvalue weighted by Gasteiger charge is -2.28. The van der Waals surface area contributed by atoms with Gasteiger partial charge in [-0.25, -0.2) is 0 Å². The predicted molar refractivity (Wildman–Crippen MR) is 50.1 cm³/mol. The van der Waals surface area contributed by atoms with Gasteiger partial charge < -0.3 is 4.42 Å². The summed E-state index contributed by atoms with van der Waals surface area (Å²) in [5, 5.41) is 9.02. The van der Waals surface area contributed by atoms with Crippen molar-refractivity contribution in [1.82, 2.24) is 4.90 Å². The summed E-state index contributed by atoms with van der Waals surface area (Å²) >= 11 is 0. The average Bonchev–Trinajstić information content (AvgIpc) is 2.56. The second-order valence-corrected chi connectivity index (χ2v) is 3.54. The fourth-order valence-electron chi connectivity index (χ4n) is 1.05. The molecule has 0 spiro atoms. The Bertz CT molecular complexity index is 297. The van der Waals surface area contributed by atoms with E-state index < -0.39 is 5.54 Å². The van der Waals surface area contributed by atoms with E-state index in [-0.39, 0.29) is 0 Å². The van der Waals surface area contributed by atoms with Crippen LogP contribution < -0.4 is 0 Å². The molecule has 1 heterocycles. The molecule has 0 aliphatic heterocycles. The monoisotopic (exact) mass is 178 g/mol. The maximum Gasteiger partial charge on any atom is 0.113 e. The Labute approximate surface area is 78.6 Å². The number of hydrogen-bond acceptors (Lipinski definition) is 3. The Balaban J connectivity index is 2.77. The highest BCUT2D eigenvalue weighted by Crippen LogP contribution is 2.17. The Hall–Kier alpha value is -1.27. The highest BCUT2D eigenvalue weighted by Gasteiger charge is 2.27. The Morgan fingerprint density at radius 3 is 2.69 bits per heavy atom. The zero-order valence-electron chi connectivity index (χ0n) is 8.24. The van der Waals surface area contributed by atoms with E-state index in [0.717, 1.165) is 5.76 Å². The molecule has 0 saturated heterocycles. The summed E-state index contributed by atoms with van der Waals surface area (Å²) in [5.74, 6) is 0.845. The number of hydrogen-bond donors (Lipinski definition) is 0. The van der Waals surface area contributed by atoms with E-state index in [1.807, 2.05) is 38.1 Å². The third-order valence-electron chi connectivity index (χ3n) is 2.33. The van der Waals surface area contributed by atoms with Crippen LogP contribution in [0.15, 0.2) is 22.8 Å². The zero-order valence-corrected chi connectivity index (χ0v) is 8.24. The van der Waals surface area contributed by atoms with Crippen molar-refractivity contribution in [2.75, 3.05) is 14.1 Å². The molecule has 1 aromatic rings. The lowest BCUT2D eigenvalue weighted by Crippen LogP contribution is -2.41. The van der Waals surface area contributed by atoms with Crippen LogP contribution in [-0.4, -0.2) is 24.5 Å². The molecule has 1 unspecified atom stereocenters. The van der Waals surface area contributed by atoms with E-state index in [1.165, 1.54) is 0 Å². The van der Waals surface area contributed by atoms with Gasteiger partial charge in [-0.1, -0.05) is 0 Å². The van der Waals surface area contributed by atoms with Crippen LogP contribution in [0.4, 0.5) is 0 Å². The van der Waals surface area contributed by atoms with Crippen LogP contribution in [0.3, 0.4) is 0 Å². The summed E-state index contributed by atoms with van der Waals surface area (Å²) in [5.41, 5.74) is -0.488. The number of nitriles is 1. The number of likely N-dealkylation sites (N-methyl/N-ethyl adjacent to an activating group) is 1. The molecule has 1 aromatic heterocycles. The van der Waals surface area contributed by atoms with Crippen molar-refractivity contribution in [2.24, 2.45) is 0 Å². The van der Waals surface area contributed by atoms with Crippen molar-refractivity contribution in [2.45, 2.75) is 18.9 Å². The minimum Gasteiger partial charge on any atom is -0.469 e. The fraction of sp³-hybridized carbons (Fsp3) is 0.500. The molecule has 13 heavy (non-hydrogen) atoms. The van der Waals surface area contributed by atoms with Crippen molar-refractivity contribution in [3.05, 3.63) is 24.2 Å². The van der Waals surface area contributed by atoms with E-state index in [0.29, 0.717) is 6.42 Å². The SMILES string of the molecule is CN(C)C(C)(C#N)Cc1ccco1. The first kappa shape index (κ1) is 9.82. The van der Waals surface area contributed by atoms with Gasteiger partial charge in [0.15, 0.2) is 0 Å². The van der Waals surface area contributed by atoms with Gasteiger partial charge in [0.2, 0.25) is 0 Å². The fourth-order valence-corrected chi connectivity index (χ4v) is 1.05. The van der Waals surface area contributed by atoms with Crippen LogP contribution in [0.5, 0.6) is 0 Å². The topological polar surface area (TPSA) is 40.2 Å². The molecule has 3 heteroatoms. The van der Waals surface area contributed by atoms with E-state index >= 15 is 0 Å². The molecule has 0 saturated carbocycles. The molecule has 0 fully saturated rings. The first-order valence-electron chi connectivity index (χ1n) is 4.19. The molecule has 0 N–H and O–H groups in total. The van der Waals surface area contributed by atoms with E-state index in [4.69, 9.17) is 9.68 Å². The van der Waals surface area contributed by atoms with Crippen molar-refractivity contribution >= 4 is 0 Å². The van der Waals surface area contributed by atoms with Crippen molar-refractivity contribution in [1.29, 1.82) is 5.26 Å². The number of rotatable bonds is 3. The van der Waals surface area contributed by atoms with Gasteiger partial charge in [0.1, 0.15) is 11.3 Å². The summed E-state index contributed by atoms with van der Waals surface area (Å²) in [6.07, 6.45) is 2.24. The average molecular weight is 178 g/mol. The summed E-state index contributed by atoms with van der Waals surface area (Å²) in [6, 6.07) is 6.01. The first-order valence-corrected chi connectivity index (χ1v) is 4.19. The van der Waals surface area contributed by atoms with Crippen LogP contribution in [-0.2, 0) is 6.42 Å². The van der Waals surface area contributed by atoms with Gasteiger partial charge >= 0.3 is 0 Å². The third-order valence-corrected chi connectivity index (χ3v) is 2.33. The number of nitrogens with zero attached hydrogens (tertiary/aromatic N) is 2. The maximum atomic E-state index is 9.02. The number of furan rings is 1. The lowest BCUT2D eigenvalue weighted by molar-refractivity contribution is 0.225. The van der Waals surface area contributed by atoms with Gasteiger partial charge in [-0.3, -0.25) is 4.90 Å². The molecule has 1 rings (SSSR count). The first-order chi connectivity index (χ1) is 6.08. The molecule has 0 amide bonds. The van der Waals surface area contributed by atoms with Crippen LogP contribution in [0.1, 0.15) is 12.7 Å². The maximum absolute atomic E-state index is 9.02. The quantitative estimate of drug-likeness (QED) is 0.706. The zero-order chi connectivity index (χ0) is 9.90. The minimum absolute atomic E-state index is 0.488. The van der Waals surface area contributed by atoms with Gasteiger partial charge in [-0.05, 0) is 33.2 Å². The van der Waals surface area contributed by atoms with Gasteiger partial charge in [0.05, 0.1) is 12.3 Å². The molecule has 1 atom stereocenters. The summed E-state index contributed by atoms with van der Waals surface area (Å²) in [4.78, 5) is 1.90. The molecular formula is C10H14N2O. The van der Waals surface area contributed by atoms with Gasteiger partial charge in [0, 0.05) is 6.42 Å². The van der Waals surface area contributed by atoms with Crippen LogP contribution in [0.2, 0.25) is 0 Å². The van der Waals surface area contributed by atoms with Gasteiger partial charge in [0.25, 0.3) is 0 Å². The highest BCUT2D eigenvalue weighted by molar-refractivity contribution is 5.12. The summed E-state index contributed by atoms with van der Waals surface area (Å²) in [6.45, 7) is 1.90. The standard InChI is InChI=1S/C10H14N2O/c1-10(8-11,12(2)3)7-9-5-4-6-13-9/h4-6H,7H2,1-3H3. The predicted octanol–water partition coefficient (Wildman–Crippen LogP) is 1.67. The largest absolute Gasteiger partial charge is 0.469 e. The molecular weight excluding hydrogens is 164 g/mol. The van der Waals surface area contributed by atoms with E-state index in [9.17, 15) is 0 Å². The molecule has 3 nitrogen and oxygen atoms in total. The van der Waals surface area contributed by atoms with E-state index in [2.05, 4.69) is 6.07 Å². The van der Waals surface area contributed by atoms with Crippen LogP contribution in [0.25, 0.3) is 0 Å². The lowest BCUT2D eigenvalue weighted by atomic mass is 9.97. The second-order valence-electron chi connectivity index (χ2n) is 3.54. The minimum atomic E-state index is -0.488. The third kappa shape index (κ3) is 2.10. The molecule has 0 aliphatic rings. The molecule has 70 valence electrons. The van der Waals surface area contributed by atoms with Crippen LogP contribution in [0, 0.1) is 11.3 Å². The molecule has 0 bridgehead atoms. The van der Waals surface area contributed by atoms with Crippen molar-refractivity contribution in [3.8, 4) is 6.07 Å². The Morgan fingerprint density at radius 1 is 1.62 bits per heavy atom. The van der Waals surface area contributed by atoms with Crippen LogP contribution >= 0.6 is 0 Å². The van der Waals surface area contributed by atoms with Gasteiger partial charge in [-0.2, -0.15) is 5.26 Å². The summed E-state index contributed by atoms with van der Waals surface area (Å²) in [7, 11) is 3.79. The molecule has 0 aromatic carbocycles. The smallest absolute Gasteiger partial charge is 0.113 e. The normalized spacial score (nSPS) is 15.3. The highest BCUT2D eigenvalue weighted by atomic mass is 16.3. The van der Waals surface area contributed by atoms with Gasteiger partial charge in [-0.15, -0.1) is 0 Å².